The van der Waals surface area contributed by atoms with Gasteiger partial charge in [-0.1, -0.05) is 88.9 Å². The van der Waals surface area contributed by atoms with Crippen LogP contribution in [0.4, 0.5) is 0 Å². The van der Waals surface area contributed by atoms with E-state index in [0.717, 1.165) is 50.5 Å². The van der Waals surface area contributed by atoms with Gasteiger partial charge in [-0.3, -0.25) is 29.0 Å². The maximum atomic E-state index is 15.0. The van der Waals surface area contributed by atoms with Gasteiger partial charge in [0.15, 0.2) is 11.7 Å². The highest BCUT2D eigenvalue weighted by Gasteiger charge is 2.56. The van der Waals surface area contributed by atoms with E-state index in [9.17, 15) is 29.1 Å². The minimum atomic E-state index is -1.48. The molecule has 15 heteroatoms. The summed E-state index contributed by atoms with van der Waals surface area (Å²) in [7, 11) is 0. The van der Waals surface area contributed by atoms with Crippen molar-refractivity contribution in [3.63, 3.8) is 0 Å². The molecule has 4 aliphatic rings. The van der Waals surface area contributed by atoms with Crippen molar-refractivity contribution in [3.8, 4) is 0 Å². The fraction of sp³-hybridized carbons (Fsp3) is 0.610. The number of rotatable bonds is 14. The molecule has 302 valence electrons. The van der Waals surface area contributed by atoms with Gasteiger partial charge in [-0.15, -0.1) is 0 Å². The Morgan fingerprint density at radius 3 is 2.34 bits per heavy atom. The molecule has 6 atom stereocenters. The zero-order valence-electron chi connectivity index (χ0n) is 32.8. The lowest BCUT2D eigenvalue weighted by molar-refractivity contribution is -0.145. The molecule has 5 amide bonds. The molecule has 1 aromatic heterocycles. The second-order valence-electron chi connectivity index (χ2n) is 16.9. The van der Waals surface area contributed by atoms with Crippen LogP contribution in [0.3, 0.4) is 0 Å². The number of carbonyl (C=O) groups excluding carboxylic acids is 5. The van der Waals surface area contributed by atoms with Gasteiger partial charge < -0.3 is 36.1 Å². The summed E-state index contributed by atoms with van der Waals surface area (Å²) in [6.45, 7) is 7.40. The van der Waals surface area contributed by atoms with Crippen LogP contribution in [-0.2, 0) is 24.0 Å². The number of likely N-dealkylation sites (tertiary alicyclic amines) is 1. The number of aliphatic hydroxyl groups excluding tert-OH is 1. The molecule has 2 aromatic rings. The summed E-state index contributed by atoms with van der Waals surface area (Å²) in [6.07, 6.45) is 10.1. The number of aromatic nitrogens is 2. The van der Waals surface area contributed by atoms with Crippen molar-refractivity contribution in [1.82, 2.24) is 36.1 Å². The van der Waals surface area contributed by atoms with Crippen molar-refractivity contribution < 1.29 is 33.9 Å². The van der Waals surface area contributed by atoms with Gasteiger partial charge in [0.1, 0.15) is 23.8 Å². The summed E-state index contributed by atoms with van der Waals surface area (Å²) in [5.41, 5.74) is -0.247. The van der Waals surface area contributed by atoms with Gasteiger partial charge in [-0.25, -0.2) is 4.98 Å². The van der Waals surface area contributed by atoms with Gasteiger partial charge in [0.05, 0.1) is 24.5 Å². The van der Waals surface area contributed by atoms with Gasteiger partial charge >= 0.3 is 0 Å². The number of amides is 5. The van der Waals surface area contributed by atoms with E-state index < -0.39 is 70.8 Å². The second-order valence-corrected chi connectivity index (χ2v) is 16.9. The predicted molar refractivity (Wildman–Crippen MR) is 207 cm³/mol. The third-order valence-electron chi connectivity index (χ3n) is 11.3. The van der Waals surface area contributed by atoms with Crippen LogP contribution in [0.25, 0.3) is 0 Å². The number of carbonyl (C=O) groups is 5. The Balaban J connectivity index is 1.26. The summed E-state index contributed by atoms with van der Waals surface area (Å²) in [5.74, 6) is -2.79. The van der Waals surface area contributed by atoms with E-state index in [2.05, 4.69) is 36.4 Å². The minimum Gasteiger partial charge on any atom is -0.387 e. The van der Waals surface area contributed by atoms with Gasteiger partial charge in [-0.2, -0.15) is 0 Å². The number of benzene rings is 1. The Morgan fingerprint density at radius 1 is 0.964 bits per heavy atom. The molecule has 0 bridgehead atoms. The van der Waals surface area contributed by atoms with Crippen LogP contribution < -0.4 is 21.3 Å². The third kappa shape index (κ3) is 9.71. The molecule has 15 nitrogen and oxygen atoms in total. The first kappa shape index (κ1) is 40.7. The van der Waals surface area contributed by atoms with E-state index >= 15 is 0 Å². The summed E-state index contributed by atoms with van der Waals surface area (Å²) in [4.78, 5) is 85.6. The molecule has 2 aliphatic carbocycles. The van der Waals surface area contributed by atoms with Crippen molar-refractivity contribution in [2.24, 2.45) is 16.5 Å². The molecular weight excluding hydrogens is 716 g/mol. The molecule has 2 aliphatic heterocycles. The van der Waals surface area contributed by atoms with Crippen LogP contribution in [0.2, 0.25) is 0 Å². The lowest BCUT2D eigenvalue weighted by Crippen LogP contribution is -2.62. The van der Waals surface area contributed by atoms with Crippen molar-refractivity contribution in [2.75, 3.05) is 6.54 Å². The smallest absolute Gasteiger partial charge is 0.272 e. The van der Waals surface area contributed by atoms with E-state index in [-0.39, 0.29) is 30.6 Å². The predicted octanol–water partition coefficient (Wildman–Crippen LogP) is 2.77. The Hall–Kier alpha value is -4.92. The quantitative estimate of drug-likeness (QED) is 0.191. The largest absolute Gasteiger partial charge is 0.387 e. The SMILES string of the molecule is CCC[C@H](NC(=O)[C@@H]1C[C@]2(CC(c3ccccc3)=NO2)CN1C(=O)[C@@H](NC(=O)[C@@H](NC(=O)c1cnccn1)C1CCCCC1)C(C)(C)C)C(O)C(=O)NC1CC1. The van der Waals surface area contributed by atoms with E-state index in [1.807, 2.05) is 58.0 Å². The lowest BCUT2D eigenvalue weighted by Gasteiger charge is -2.37. The Labute approximate surface area is 328 Å². The molecule has 3 heterocycles. The van der Waals surface area contributed by atoms with Crippen molar-refractivity contribution in [3.05, 3.63) is 60.2 Å². The van der Waals surface area contributed by atoms with Gasteiger partial charge in [0, 0.05) is 31.3 Å². The Morgan fingerprint density at radius 2 is 1.70 bits per heavy atom. The van der Waals surface area contributed by atoms with Crippen LogP contribution in [-0.4, -0.2) is 104 Å². The van der Waals surface area contributed by atoms with Crippen LogP contribution in [0.15, 0.2) is 54.1 Å². The molecule has 1 aromatic carbocycles. The highest BCUT2D eigenvalue weighted by molar-refractivity contribution is 6.02. The molecule has 5 N–H and O–H groups in total. The molecular formula is C41H56N8O7. The van der Waals surface area contributed by atoms with Crippen LogP contribution in [0, 0.1) is 11.3 Å². The number of oxime groups is 1. The fourth-order valence-electron chi connectivity index (χ4n) is 8.05. The lowest BCUT2D eigenvalue weighted by atomic mass is 9.82. The zero-order valence-corrected chi connectivity index (χ0v) is 32.8. The normalized spacial score (nSPS) is 23.3. The first-order chi connectivity index (χ1) is 26.8. The molecule has 1 spiro atoms. The minimum absolute atomic E-state index is 0.00480. The molecule has 1 saturated heterocycles. The fourth-order valence-corrected chi connectivity index (χ4v) is 8.05. The Bertz CT molecular complexity index is 1760. The maximum Gasteiger partial charge on any atom is 0.272 e. The van der Waals surface area contributed by atoms with Crippen molar-refractivity contribution >= 4 is 35.2 Å². The highest BCUT2D eigenvalue weighted by Crippen LogP contribution is 2.40. The van der Waals surface area contributed by atoms with Crippen LogP contribution in [0.1, 0.15) is 114 Å². The molecule has 6 rings (SSSR count). The first-order valence-electron chi connectivity index (χ1n) is 20.1. The number of hydrogen-bond acceptors (Lipinski definition) is 10. The molecule has 56 heavy (non-hydrogen) atoms. The number of aliphatic hydroxyl groups is 1. The van der Waals surface area contributed by atoms with E-state index in [1.54, 1.807) is 0 Å². The number of nitrogens with zero attached hydrogens (tertiary/aromatic N) is 4. The number of nitrogens with one attached hydrogen (secondary N) is 4. The van der Waals surface area contributed by atoms with E-state index in [1.165, 1.54) is 23.5 Å². The van der Waals surface area contributed by atoms with Crippen LogP contribution in [0.5, 0.6) is 0 Å². The topological polar surface area (TPSA) is 204 Å². The summed E-state index contributed by atoms with van der Waals surface area (Å²) >= 11 is 0. The van der Waals surface area contributed by atoms with E-state index in [0.29, 0.717) is 25.0 Å². The molecule has 1 unspecified atom stereocenters. The third-order valence-corrected chi connectivity index (χ3v) is 11.3. The Kier molecular flexibility index (Phi) is 12.7. The zero-order chi connectivity index (χ0) is 40.0. The van der Waals surface area contributed by atoms with Crippen LogP contribution >= 0.6 is 0 Å². The highest BCUT2D eigenvalue weighted by atomic mass is 16.7. The number of hydrogen-bond donors (Lipinski definition) is 5. The first-order valence-corrected chi connectivity index (χ1v) is 20.1. The second kappa shape index (κ2) is 17.5. The molecule has 2 saturated carbocycles. The molecule has 0 radical (unpaired) electrons. The van der Waals surface area contributed by atoms with Crippen molar-refractivity contribution in [1.29, 1.82) is 0 Å². The standard InChI is InChI=1S/C41H56N8O7/c1-5-12-28(33(50)38(54)44-27-17-18-27)45-36(52)31-22-41(21-29(48-56-41)25-13-8-6-9-14-25)24-49(31)39(55)34(40(2,3)4)47-37(53)32(26-15-10-7-11-16-26)46-35(51)30-23-42-19-20-43-30/h6,8-9,13-14,19-20,23,26-28,31-34,50H,5,7,10-12,15-18,21-22,24H2,1-4H3,(H,44,54)(H,45,52)(H,46,51)(H,47,53)/t28-,31-,32-,33?,34+,41+/m0/s1. The summed E-state index contributed by atoms with van der Waals surface area (Å²) in [6, 6.07) is 5.54. The van der Waals surface area contributed by atoms with E-state index in [4.69, 9.17) is 4.84 Å². The van der Waals surface area contributed by atoms with Gasteiger partial charge in [0.2, 0.25) is 17.7 Å². The van der Waals surface area contributed by atoms with Gasteiger partial charge in [-0.05, 0) is 49.0 Å². The van der Waals surface area contributed by atoms with Gasteiger partial charge in [0.25, 0.3) is 11.8 Å². The average Bonchev–Trinajstić information content (AvgIpc) is 3.79. The maximum absolute atomic E-state index is 15.0. The average molecular weight is 773 g/mol. The molecule has 3 fully saturated rings. The summed E-state index contributed by atoms with van der Waals surface area (Å²) in [5, 5.41) is 27.1. The van der Waals surface area contributed by atoms with Crippen molar-refractivity contribution in [2.45, 2.75) is 140 Å². The summed E-state index contributed by atoms with van der Waals surface area (Å²) < 4.78 is 0. The monoisotopic (exact) mass is 772 g/mol.